The fourth-order valence-electron chi connectivity index (χ4n) is 1.63. The van der Waals surface area contributed by atoms with Crippen LogP contribution in [-0.4, -0.2) is 10.7 Å². The van der Waals surface area contributed by atoms with Gasteiger partial charge in [-0.3, -0.25) is 0 Å². The Bertz CT molecular complexity index is 293. The Morgan fingerprint density at radius 3 is 2.14 bits per heavy atom. The highest BCUT2D eigenvalue weighted by Crippen LogP contribution is 2.21. The van der Waals surface area contributed by atoms with E-state index in [1.165, 1.54) is 16.7 Å². The van der Waals surface area contributed by atoms with Crippen LogP contribution in [0.5, 0.6) is 0 Å². The van der Waals surface area contributed by atoms with E-state index in [1.807, 2.05) is 13.8 Å². The van der Waals surface area contributed by atoms with Crippen LogP contribution >= 0.6 is 0 Å². The molecule has 0 spiro atoms. The normalized spacial score (nSPS) is 15.2. The molecule has 1 heteroatoms. The molecule has 78 valence electrons. The van der Waals surface area contributed by atoms with Gasteiger partial charge in [-0.15, -0.1) is 0 Å². The molecule has 1 aromatic rings. The van der Waals surface area contributed by atoms with Gasteiger partial charge in [-0.2, -0.15) is 0 Å². The molecule has 1 unspecified atom stereocenters. The lowest BCUT2D eigenvalue weighted by molar-refractivity contribution is 0.0561. The second kappa shape index (κ2) is 4.14. The first kappa shape index (κ1) is 11.3. The van der Waals surface area contributed by atoms with Crippen molar-refractivity contribution in [1.29, 1.82) is 0 Å². The van der Waals surface area contributed by atoms with Gasteiger partial charge in [0.1, 0.15) is 0 Å². The van der Waals surface area contributed by atoms with Crippen molar-refractivity contribution in [2.45, 2.75) is 46.1 Å². The lowest BCUT2D eigenvalue weighted by Crippen LogP contribution is -2.26. The summed E-state index contributed by atoms with van der Waals surface area (Å²) in [4.78, 5) is 0. The Hall–Kier alpha value is -0.820. The van der Waals surface area contributed by atoms with Crippen molar-refractivity contribution in [3.05, 3.63) is 34.9 Å². The van der Waals surface area contributed by atoms with Crippen molar-refractivity contribution >= 4 is 0 Å². The van der Waals surface area contributed by atoms with Crippen LogP contribution in [0.15, 0.2) is 18.2 Å². The third-order valence-electron chi connectivity index (χ3n) is 2.96. The Labute approximate surface area is 86.8 Å². The molecule has 1 atom stereocenters. The van der Waals surface area contributed by atoms with Crippen molar-refractivity contribution < 1.29 is 5.11 Å². The minimum absolute atomic E-state index is 0.573. The number of rotatable bonds is 3. The van der Waals surface area contributed by atoms with E-state index >= 15 is 0 Å². The highest BCUT2D eigenvalue weighted by Gasteiger charge is 2.19. The molecule has 14 heavy (non-hydrogen) atoms. The Balaban J connectivity index is 2.97. The molecule has 0 saturated heterocycles. The molecule has 0 aliphatic heterocycles. The van der Waals surface area contributed by atoms with Crippen LogP contribution in [0.25, 0.3) is 0 Å². The zero-order valence-electron chi connectivity index (χ0n) is 9.59. The first-order valence-electron chi connectivity index (χ1n) is 5.24. The standard InChI is InChI=1S/C13H20O/c1-5-13(4,14)9-12-10(2)7-6-8-11(12)3/h6-8,14H,5,9H2,1-4H3. The SMILES string of the molecule is CCC(C)(O)Cc1c(C)cccc1C. The summed E-state index contributed by atoms with van der Waals surface area (Å²) >= 11 is 0. The molecular weight excluding hydrogens is 172 g/mol. The Kier molecular flexibility index (Phi) is 3.33. The predicted octanol–water partition coefficient (Wildman–Crippen LogP) is 3.01. The van der Waals surface area contributed by atoms with E-state index in [4.69, 9.17) is 0 Å². The number of hydrogen-bond acceptors (Lipinski definition) is 1. The summed E-state index contributed by atoms with van der Waals surface area (Å²) in [7, 11) is 0. The molecule has 0 bridgehead atoms. The molecule has 1 rings (SSSR count). The summed E-state index contributed by atoms with van der Waals surface area (Å²) in [5, 5.41) is 10.0. The largest absolute Gasteiger partial charge is 0.390 e. The zero-order valence-corrected chi connectivity index (χ0v) is 9.59. The first-order chi connectivity index (χ1) is 6.46. The van der Waals surface area contributed by atoms with Crippen LogP contribution in [0.1, 0.15) is 37.0 Å². The quantitative estimate of drug-likeness (QED) is 0.780. The maximum Gasteiger partial charge on any atom is 0.0657 e. The molecule has 0 aliphatic rings. The van der Waals surface area contributed by atoms with Gasteiger partial charge in [0.25, 0.3) is 0 Å². The number of benzene rings is 1. The number of hydrogen-bond donors (Lipinski definition) is 1. The fraction of sp³-hybridized carbons (Fsp3) is 0.538. The van der Waals surface area contributed by atoms with Crippen molar-refractivity contribution in [2.24, 2.45) is 0 Å². The molecule has 0 saturated carbocycles. The zero-order chi connectivity index (χ0) is 10.8. The second-order valence-electron chi connectivity index (χ2n) is 4.40. The molecule has 0 aromatic heterocycles. The van der Waals surface area contributed by atoms with Crippen LogP contribution in [0, 0.1) is 13.8 Å². The van der Waals surface area contributed by atoms with E-state index in [9.17, 15) is 5.11 Å². The molecule has 0 radical (unpaired) electrons. The van der Waals surface area contributed by atoms with E-state index in [0.29, 0.717) is 0 Å². The minimum atomic E-state index is -0.573. The Morgan fingerprint density at radius 2 is 1.71 bits per heavy atom. The van der Waals surface area contributed by atoms with Gasteiger partial charge in [-0.05, 0) is 43.9 Å². The van der Waals surface area contributed by atoms with Gasteiger partial charge >= 0.3 is 0 Å². The summed E-state index contributed by atoms with van der Waals surface area (Å²) in [6.07, 6.45) is 1.54. The highest BCUT2D eigenvalue weighted by atomic mass is 16.3. The van der Waals surface area contributed by atoms with Gasteiger partial charge in [-0.25, -0.2) is 0 Å². The van der Waals surface area contributed by atoms with Gasteiger partial charge in [-0.1, -0.05) is 25.1 Å². The van der Waals surface area contributed by atoms with Crippen molar-refractivity contribution in [3.8, 4) is 0 Å². The van der Waals surface area contributed by atoms with Crippen molar-refractivity contribution in [3.63, 3.8) is 0 Å². The maximum absolute atomic E-state index is 10.0. The Morgan fingerprint density at radius 1 is 1.21 bits per heavy atom. The number of aryl methyl sites for hydroxylation is 2. The van der Waals surface area contributed by atoms with Gasteiger partial charge in [0.2, 0.25) is 0 Å². The summed E-state index contributed by atoms with van der Waals surface area (Å²) in [5.74, 6) is 0. The van der Waals surface area contributed by atoms with E-state index in [2.05, 4.69) is 32.0 Å². The summed E-state index contributed by atoms with van der Waals surface area (Å²) in [6, 6.07) is 6.27. The van der Waals surface area contributed by atoms with Crippen molar-refractivity contribution in [2.75, 3.05) is 0 Å². The maximum atomic E-state index is 10.0. The third-order valence-corrected chi connectivity index (χ3v) is 2.96. The van der Waals surface area contributed by atoms with Crippen LogP contribution in [0.3, 0.4) is 0 Å². The van der Waals surface area contributed by atoms with Crippen LogP contribution in [0.4, 0.5) is 0 Å². The van der Waals surface area contributed by atoms with Gasteiger partial charge < -0.3 is 5.11 Å². The predicted molar refractivity (Wildman–Crippen MR) is 60.5 cm³/mol. The fourth-order valence-corrected chi connectivity index (χ4v) is 1.63. The molecule has 0 amide bonds. The van der Waals surface area contributed by atoms with Gasteiger partial charge in [0.05, 0.1) is 5.60 Å². The highest BCUT2D eigenvalue weighted by molar-refractivity contribution is 5.34. The second-order valence-corrected chi connectivity index (χ2v) is 4.40. The minimum Gasteiger partial charge on any atom is -0.390 e. The van der Waals surface area contributed by atoms with Crippen molar-refractivity contribution in [1.82, 2.24) is 0 Å². The molecular formula is C13H20O. The average Bonchev–Trinajstić information content (AvgIpc) is 2.12. The summed E-state index contributed by atoms with van der Waals surface area (Å²) in [6.45, 7) is 8.13. The lowest BCUT2D eigenvalue weighted by atomic mass is 9.89. The smallest absolute Gasteiger partial charge is 0.0657 e. The van der Waals surface area contributed by atoms with E-state index < -0.39 is 5.60 Å². The van der Waals surface area contributed by atoms with E-state index in [1.54, 1.807) is 0 Å². The topological polar surface area (TPSA) is 20.2 Å². The summed E-state index contributed by atoms with van der Waals surface area (Å²) < 4.78 is 0. The molecule has 1 aromatic carbocycles. The van der Waals surface area contributed by atoms with E-state index in [0.717, 1.165) is 12.8 Å². The van der Waals surface area contributed by atoms with Gasteiger partial charge in [0, 0.05) is 6.42 Å². The molecule has 1 nitrogen and oxygen atoms in total. The van der Waals surface area contributed by atoms with Crippen LogP contribution < -0.4 is 0 Å². The molecule has 0 heterocycles. The molecule has 0 aliphatic carbocycles. The van der Waals surface area contributed by atoms with Gasteiger partial charge in [0.15, 0.2) is 0 Å². The monoisotopic (exact) mass is 192 g/mol. The average molecular weight is 192 g/mol. The van der Waals surface area contributed by atoms with Crippen LogP contribution in [0.2, 0.25) is 0 Å². The molecule has 0 fully saturated rings. The van der Waals surface area contributed by atoms with Crippen LogP contribution in [-0.2, 0) is 6.42 Å². The van der Waals surface area contributed by atoms with E-state index in [-0.39, 0.29) is 0 Å². The third kappa shape index (κ3) is 2.58. The first-order valence-corrected chi connectivity index (χ1v) is 5.24. The lowest BCUT2D eigenvalue weighted by Gasteiger charge is -2.23. The number of aliphatic hydroxyl groups is 1. The molecule has 1 N–H and O–H groups in total. The summed E-state index contributed by atoms with van der Waals surface area (Å²) in [5.41, 5.74) is 3.27.